The fourth-order valence-corrected chi connectivity index (χ4v) is 2.71. The third-order valence-electron chi connectivity index (χ3n) is 4.03. The van der Waals surface area contributed by atoms with Crippen LogP contribution in [0.1, 0.15) is 52.6 Å². The van der Waals surface area contributed by atoms with Crippen molar-refractivity contribution >= 4 is 17.9 Å². The van der Waals surface area contributed by atoms with Gasteiger partial charge in [-0.05, 0) is 50.6 Å². The number of aliphatic carboxylic acids is 1. The number of rotatable bonds is 10. The van der Waals surface area contributed by atoms with Gasteiger partial charge in [0.2, 0.25) is 6.54 Å². The first kappa shape index (κ1) is 27.0. The SMILES string of the molecule is CCOc1cc(CC(=O)O)ccc1C(=O)O.[C-]#[N+]Cc1ccc(C(=O)OCC)c(OCC)c1. The van der Waals surface area contributed by atoms with Gasteiger partial charge < -0.3 is 29.3 Å². The minimum atomic E-state index is -1.09. The predicted octanol–water partition coefficient (Wildman–Crippen LogP) is 4.09. The Morgan fingerprint density at radius 2 is 1.39 bits per heavy atom. The molecule has 0 bridgehead atoms. The van der Waals surface area contributed by atoms with E-state index < -0.39 is 17.9 Å². The fourth-order valence-electron chi connectivity index (χ4n) is 2.71. The molecule has 0 atom stereocenters. The van der Waals surface area contributed by atoms with Gasteiger partial charge in [0.25, 0.3) is 0 Å². The standard InChI is InChI=1S/C13H15NO3.C11H12O5/c1-4-16-12-8-10(9-14-3)6-7-11(12)13(15)17-5-2;1-2-16-9-5-7(6-10(12)13)3-4-8(9)11(14)15/h6-8H,4-5,9H2,1-2H3;3-5H,2,6H2,1H3,(H,12,13)(H,14,15). The first-order chi connectivity index (χ1) is 15.8. The van der Waals surface area contributed by atoms with Gasteiger partial charge in [0.15, 0.2) is 0 Å². The maximum Gasteiger partial charge on any atom is 0.341 e. The Hall–Kier alpha value is -4.06. The van der Waals surface area contributed by atoms with Gasteiger partial charge in [-0.3, -0.25) is 4.79 Å². The van der Waals surface area contributed by atoms with Gasteiger partial charge in [0.05, 0.1) is 26.2 Å². The van der Waals surface area contributed by atoms with Crippen molar-refractivity contribution in [2.45, 2.75) is 33.7 Å². The third kappa shape index (κ3) is 8.91. The van der Waals surface area contributed by atoms with Crippen molar-refractivity contribution in [3.8, 4) is 11.5 Å². The third-order valence-corrected chi connectivity index (χ3v) is 4.03. The van der Waals surface area contributed by atoms with Crippen molar-refractivity contribution in [2.24, 2.45) is 0 Å². The van der Waals surface area contributed by atoms with E-state index in [2.05, 4.69) is 4.85 Å². The van der Waals surface area contributed by atoms with Gasteiger partial charge in [0.1, 0.15) is 22.6 Å². The monoisotopic (exact) mass is 457 g/mol. The summed E-state index contributed by atoms with van der Waals surface area (Å²) in [5, 5.41) is 17.5. The average Bonchev–Trinajstić information content (AvgIpc) is 2.75. The highest BCUT2D eigenvalue weighted by atomic mass is 16.5. The van der Waals surface area contributed by atoms with Gasteiger partial charge in [-0.1, -0.05) is 12.1 Å². The second-order valence-electron chi connectivity index (χ2n) is 6.44. The van der Waals surface area contributed by atoms with E-state index in [0.29, 0.717) is 36.7 Å². The van der Waals surface area contributed by atoms with E-state index in [1.165, 1.54) is 18.2 Å². The molecule has 0 aliphatic rings. The summed E-state index contributed by atoms with van der Waals surface area (Å²) < 4.78 is 15.5. The van der Waals surface area contributed by atoms with Crippen molar-refractivity contribution in [1.82, 2.24) is 0 Å². The molecule has 0 fully saturated rings. The molecule has 0 spiro atoms. The Morgan fingerprint density at radius 3 is 1.91 bits per heavy atom. The Kier molecular flexibility index (Phi) is 11.5. The normalized spacial score (nSPS) is 9.64. The molecule has 0 aliphatic carbocycles. The Bertz CT molecular complexity index is 1010. The van der Waals surface area contributed by atoms with E-state index in [0.717, 1.165) is 5.56 Å². The first-order valence-corrected chi connectivity index (χ1v) is 10.2. The summed E-state index contributed by atoms with van der Waals surface area (Å²) in [5.74, 6) is -1.78. The van der Waals surface area contributed by atoms with Crippen molar-refractivity contribution in [3.05, 3.63) is 70.1 Å². The van der Waals surface area contributed by atoms with Crippen LogP contribution in [0.5, 0.6) is 11.5 Å². The van der Waals surface area contributed by atoms with Crippen LogP contribution >= 0.6 is 0 Å². The zero-order valence-electron chi connectivity index (χ0n) is 18.8. The molecule has 0 heterocycles. The number of carboxylic acid groups (broad SMARTS) is 2. The lowest BCUT2D eigenvalue weighted by atomic mass is 10.1. The van der Waals surface area contributed by atoms with E-state index in [4.69, 9.17) is 31.0 Å². The number of ether oxygens (including phenoxy) is 3. The number of aromatic carboxylic acids is 1. The zero-order chi connectivity index (χ0) is 24.8. The molecule has 0 aliphatic heterocycles. The van der Waals surface area contributed by atoms with Crippen LogP contribution in [0, 0.1) is 6.57 Å². The summed E-state index contributed by atoms with van der Waals surface area (Å²) in [6.07, 6.45) is -0.153. The molecule has 33 heavy (non-hydrogen) atoms. The molecule has 9 nitrogen and oxygen atoms in total. The van der Waals surface area contributed by atoms with E-state index >= 15 is 0 Å². The predicted molar refractivity (Wildman–Crippen MR) is 120 cm³/mol. The van der Waals surface area contributed by atoms with Crippen LogP contribution in [-0.4, -0.2) is 47.9 Å². The van der Waals surface area contributed by atoms with Crippen molar-refractivity contribution in [3.63, 3.8) is 0 Å². The number of carbonyl (C=O) groups is 3. The molecule has 2 rings (SSSR count). The lowest BCUT2D eigenvalue weighted by molar-refractivity contribution is -0.136. The molecule has 0 radical (unpaired) electrons. The van der Waals surface area contributed by atoms with E-state index in [1.807, 2.05) is 6.92 Å². The molecule has 2 N–H and O–H groups in total. The number of benzene rings is 2. The second kappa shape index (κ2) is 14.1. The number of esters is 1. The molecule has 0 unspecified atom stereocenters. The van der Waals surface area contributed by atoms with Gasteiger partial charge >= 0.3 is 17.9 Å². The first-order valence-electron chi connectivity index (χ1n) is 10.2. The minimum Gasteiger partial charge on any atom is -0.493 e. The smallest absolute Gasteiger partial charge is 0.341 e. The maximum absolute atomic E-state index is 11.6. The summed E-state index contributed by atoms with van der Waals surface area (Å²) in [6.45, 7) is 13.5. The molecule has 0 amide bonds. The van der Waals surface area contributed by atoms with E-state index in [9.17, 15) is 14.4 Å². The summed E-state index contributed by atoms with van der Waals surface area (Å²) in [4.78, 5) is 36.3. The van der Waals surface area contributed by atoms with Crippen LogP contribution in [0.4, 0.5) is 0 Å². The van der Waals surface area contributed by atoms with Crippen LogP contribution < -0.4 is 9.47 Å². The number of hydrogen-bond donors (Lipinski definition) is 2. The molecule has 176 valence electrons. The number of carbonyl (C=O) groups excluding carboxylic acids is 1. The molecule has 2 aromatic rings. The summed E-state index contributed by atoms with van der Waals surface area (Å²) in [6, 6.07) is 9.37. The molecule has 0 saturated heterocycles. The van der Waals surface area contributed by atoms with Gasteiger partial charge in [-0.2, -0.15) is 0 Å². The largest absolute Gasteiger partial charge is 0.493 e. The Morgan fingerprint density at radius 1 is 0.848 bits per heavy atom. The number of nitrogens with zero attached hydrogens (tertiary/aromatic N) is 1. The Balaban J connectivity index is 0.000000331. The molecular formula is C24H27NO8. The van der Waals surface area contributed by atoms with Crippen LogP contribution in [-0.2, 0) is 22.5 Å². The van der Waals surface area contributed by atoms with Crippen molar-refractivity contribution in [1.29, 1.82) is 0 Å². The topological polar surface area (TPSA) is 124 Å². The molecule has 2 aromatic carbocycles. The van der Waals surface area contributed by atoms with Gasteiger partial charge in [-0.15, -0.1) is 0 Å². The van der Waals surface area contributed by atoms with Crippen LogP contribution in [0.25, 0.3) is 4.85 Å². The lowest BCUT2D eigenvalue weighted by Gasteiger charge is -2.09. The van der Waals surface area contributed by atoms with E-state index in [1.54, 1.807) is 32.0 Å². The minimum absolute atomic E-state index is 0.0380. The average molecular weight is 457 g/mol. The number of carboxylic acids is 2. The highest BCUT2D eigenvalue weighted by Crippen LogP contribution is 2.23. The summed E-state index contributed by atoms with van der Waals surface area (Å²) >= 11 is 0. The van der Waals surface area contributed by atoms with Crippen molar-refractivity contribution < 1.29 is 38.8 Å². The molecule has 0 saturated carbocycles. The number of hydrogen-bond acceptors (Lipinski definition) is 6. The fraction of sp³-hybridized carbons (Fsp3) is 0.333. The second-order valence-corrected chi connectivity index (χ2v) is 6.44. The van der Waals surface area contributed by atoms with E-state index in [-0.39, 0.29) is 24.3 Å². The molecular weight excluding hydrogens is 430 g/mol. The van der Waals surface area contributed by atoms with Crippen LogP contribution in [0.15, 0.2) is 36.4 Å². The van der Waals surface area contributed by atoms with Gasteiger partial charge in [0, 0.05) is 5.56 Å². The zero-order valence-corrected chi connectivity index (χ0v) is 18.8. The van der Waals surface area contributed by atoms with Crippen molar-refractivity contribution in [2.75, 3.05) is 19.8 Å². The van der Waals surface area contributed by atoms with Crippen LogP contribution in [0.2, 0.25) is 0 Å². The Labute approximate surface area is 192 Å². The summed E-state index contributed by atoms with van der Waals surface area (Å²) in [7, 11) is 0. The van der Waals surface area contributed by atoms with Gasteiger partial charge in [-0.25, -0.2) is 16.2 Å². The van der Waals surface area contributed by atoms with Crippen LogP contribution in [0.3, 0.4) is 0 Å². The maximum atomic E-state index is 11.6. The molecule has 0 aromatic heterocycles. The molecule has 9 heteroatoms. The highest BCUT2D eigenvalue weighted by molar-refractivity contribution is 5.92. The highest BCUT2D eigenvalue weighted by Gasteiger charge is 2.15. The summed E-state index contributed by atoms with van der Waals surface area (Å²) in [5.41, 5.74) is 1.79. The lowest BCUT2D eigenvalue weighted by Crippen LogP contribution is -2.08. The quantitative estimate of drug-likeness (QED) is 0.404.